The minimum absolute atomic E-state index is 0.186. The second kappa shape index (κ2) is 6.76. The van der Waals surface area contributed by atoms with Crippen LogP contribution in [0.15, 0.2) is 70.9 Å². The van der Waals surface area contributed by atoms with Gasteiger partial charge in [0.25, 0.3) is 0 Å². The van der Waals surface area contributed by atoms with Gasteiger partial charge in [0.15, 0.2) is 5.96 Å². The zero-order valence-electron chi connectivity index (χ0n) is 13.1. The number of nitrogens with one attached hydrogen (secondary N) is 2. The number of ether oxygens (including phenoxy) is 1. The summed E-state index contributed by atoms with van der Waals surface area (Å²) in [4.78, 5) is 4.36. The lowest BCUT2D eigenvalue weighted by Crippen LogP contribution is -2.32. The lowest BCUT2D eigenvalue weighted by atomic mass is 9.93. The summed E-state index contributed by atoms with van der Waals surface area (Å²) in [7, 11) is 1.59. The Morgan fingerprint density at radius 1 is 1.29 bits per heavy atom. The molecule has 122 valence electrons. The van der Waals surface area contributed by atoms with Crippen LogP contribution >= 0.6 is 11.6 Å². The predicted molar refractivity (Wildman–Crippen MR) is 98.0 cm³/mol. The molecule has 1 aliphatic carbocycles. The second-order valence-electron chi connectivity index (χ2n) is 5.31. The molecule has 24 heavy (non-hydrogen) atoms. The SMILES string of the molecule is CO/C(=C1/C=C(C2C=CNC(N)=N2)C=CC1=N)c1ccc(Cl)cc1. The van der Waals surface area contributed by atoms with E-state index < -0.39 is 0 Å². The van der Waals surface area contributed by atoms with Crippen molar-refractivity contribution in [3.8, 4) is 0 Å². The van der Waals surface area contributed by atoms with E-state index in [1.165, 1.54) is 0 Å². The Bertz CT molecular complexity index is 816. The molecule has 0 fully saturated rings. The van der Waals surface area contributed by atoms with E-state index in [9.17, 15) is 0 Å². The average molecular weight is 341 g/mol. The molecule has 1 aromatic rings. The first-order valence-electron chi connectivity index (χ1n) is 7.38. The van der Waals surface area contributed by atoms with Crippen molar-refractivity contribution in [2.45, 2.75) is 6.04 Å². The van der Waals surface area contributed by atoms with Crippen molar-refractivity contribution < 1.29 is 4.74 Å². The van der Waals surface area contributed by atoms with Crippen molar-refractivity contribution in [1.29, 1.82) is 5.41 Å². The van der Waals surface area contributed by atoms with Crippen LogP contribution in [0.4, 0.5) is 0 Å². The highest BCUT2D eigenvalue weighted by molar-refractivity contribution is 6.30. The number of guanidine groups is 1. The smallest absolute Gasteiger partial charge is 0.193 e. The molecular formula is C18H17ClN4O. The van der Waals surface area contributed by atoms with Crippen LogP contribution in [0.2, 0.25) is 5.02 Å². The van der Waals surface area contributed by atoms with Crippen molar-refractivity contribution in [1.82, 2.24) is 5.32 Å². The third-order valence-electron chi connectivity index (χ3n) is 3.73. The minimum Gasteiger partial charge on any atom is -0.495 e. The Labute approximate surface area is 145 Å². The molecule has 0 bridgehead atoms. The molecular weight excluding hydrogens is 324 g/mol. The molecule has 1 heterocycles. The molecule has 1 aliphatic heterocycles. The van der Waals surface area contributed by atoms with Gasteiger partial charge in [0, 0.05) is 22.4 Å². The maximum Gasteiger partial charge on any atom is 0.193 e. The van der Waals surface area contributed by atoms with Crippen molar-refractivity contribution in [3.05, 3.63) is 76.5 Å². The first-order valence-corrected chi connectivity index (χ1v) is 7.75. The monoisotopic (exact) mass is 340 g/mol. The molecule has 0 spiro atoms. The molecule has 0 aromatic heterocycles. The van der Waals surface area contributed by atoms with Gasteiger partial charge in [0.05, 0.1) is 18.9 Å². The van der Waals surface area contributed by atoms with Gasteiger partial charge in [-0.15, -0.1) is 0 Å². The molecule has 3 rings (SSSR count). The largest absolute Gasteiger partial charge is 0.495 e. The molecule has 0 saturated heterocycles. The Kier molecular flexibility index (Phi) is 4.53. The van der Waals surface area contributed by atoms with Gasteiger partial charge in [-0.1, -0.05) is 17.7 Å². The van der Waals surface area contributed by atoms with Crippen LogP contribution in [0.3, 0.4) is 0 Å². The molecule has 1 aromatic carbocycles. The van der Waals surface area contributed by atoms with Gasteiger partial charge in [-0.25, -0.2) is 4.99 Å². The number of halogens is 1. The van der Waals surface area contributed by atoms with Crippen molar-refractivity contribution in [3.63, 3.8) is 0 Å². The number of nitrogens with zero attached hydrogens (tertiary/aromatic N) is 1. The fraction of sp³-hybridized carbons (Fsp3) is 0.111. The van der Waals surface area contributed by atoms with Crippen LogP contribution in [-0.2, 0) is 4.74 Å². The number of nitrogens with two attached hydrogens (primary N) is 1. The van der Waals surface area contributed by atoms with Crippen LogP contribution in [0.5, 0.6) is 0 Å². The Morgan fingerprint density at radius 2 is 2.04 bits per heavy atom. The van der Waals surface area contributed by atoms with Crippen LogP contribution in [0, 0.1) is 5.41 Å². The quantitative estimate of drug-likeness (QED) is 0.739. The van der Waals surface area contributed by atoms with Crippen LogP contribution in [0.1, 0.15) is 5.56 Å². The van der Waals surface area contributed by atoms with Crippen LogP contribution in [0.25, 0.3) is 5.76 Å². The summed E-state index contributed by atoms with van der Waals surface area (Å²) >= 11 is 5.95. The van der Waals surface area contributed by atoms with Gasteiger partial charge in [0.1, 0.15) is 5.76 Å². The van der Waals surface area contributed by atoms with E-state index in [2.05, 4.69) is 10.3 Å². The number of rotatable bonds is 3. The average Bonchev–Trinajstić information content (AvgIpc) is 2.59. The summed E-state index contributed by atoms with van der Waals surface area (Å²) in [5, 5.41) is 11.7. The number of hydrogen-bond acceptors (Lipinski definition) is 5. The molecule has 2 aliphatic rings. The minimum atomic E-state index is -0.186. The lowest BCUT2D eigenvalue weighted by molar-refractivity contribution is 0.369. The summed E-state index contributed by atoms with van der Waals surface area (Å²) in [6.45, 7) is 0. The van der Waals surface area contributed by atoms with E-state index in [0.717, 1.165) is 11.1 Å². The number of benzene rings is 1. The van der Waals surface area contributed by atoms with E-state index in [0.29, 0.717) is 28.0 Å². The zero-order valence-corrected chi connectivity index (χ0v) is 13.8. The molecule has 6 heteroatoms. The normalized spacial score (nSPS) is 21.8. The maximum atomic E-state index is 8.23. The Morgan fingerprint density at radius 3 is 2.71 bits per heavy atom. The van der Waals surface area contributed by atoms with E-state index in [1.54, 1.807) is 31.5 Å². The number of allylic oxidation sites excluding steroid dienone is 3. The molecule has 5 nitrogen and oxygen atoms in total. The molecule has 1 atom stereocenters. The standard InChI is InChI=1S/C18H17ClN4O/c1-24-17(11-2-5-13(19)6-3-11)14-10-12(4-7-15(14)20)16-8-9-22-18(21)23-16/h2-10,16,20H,1H3,(H3,21,22,23)/b17-14-,20-15?. The molecule has 0 amide bonds. The van der Waals surface area contributed by atoms with Crippen LogP contribution < -0.4 is 11.1 Å². The summed E-state index contributed by atoms with van der Waals surface area (Å²) in [5.41, 5.74) is 8.59. The Hall–Kier alpha value is -2.79. The van der Waals surface area contributed by atoms with E-state index >= 15 is 0 Å². The first kappa shape index (κ1) is 16.1. The van der Waals surface area contributed by atoms with Crippen molar-refractivity contribution in [2.75, 3.05) is 7.11 Å². The van der Waals surface area contributed by atoms with Gasteiger partial charge in [0.2, 0.25) is 0 Å². The summed E-state index contributed by atoms with van der Waals surface area (Å²) in [6, 6.07) is 7.14. The predicted octanol–water partition coefficient (Wildman–Crippen LogP) is 3.01. The van der Waals surface area contributed by atoms with Gasteiger partial charge >= 0.3 is 0 Å². The number of methoxy groups -OCH3 is 1. The van der Waals surface area contributed by atoms with E-state index in [1.807, 2.05) is 30.4 Å². The van der Waals surface area contributed by atoms with Gasteiger partial charge < -0.3 is 21.2 Å². The third-order valence-corrected chi connectivity index (χ3v) is 3.98. The van der Waals surface area contributed by atoms with Gasteiger partial charge in [-0.05, 0) is 48.1 Å². The molecule has 4 N–H and O–H groups in total. The zero-order chi connectivity index (χ0) is 17.1. The first-order chi connectivity index (χ1) is 11.6. The van der Waals surface area contributed by atoms with Crippen LogP contribution in [-0.4, -0.2) is 24.8 Å². The molecule has 1 unspecified atom stereocenters. The molecule has 0 saturated carbocycles. The summed E-state index contributed by atoms with van der Waals surface area (Å²) in [5.74, 6) is 0.987. The highest BCUT2D eigenvalue weighted by Crippen LogP contribution is 2.28. The van der Waals surface area contributed by atoms with Gasteiger partial charge in [-0.3, -0.25) is 0 Å². The Balaban J connectivity index is 2.05. The van der Waals surface area contributed by atoms with E-state index in [-0.39, 0.29) is 6.04 Å². The number of hydrogen-bond donors (Lipinski definition) is 3. The number of aliphatic imine (C=N–C) groups is 1. The summed E-state index contributed by atoms with van der Waals surface area (Å²) in [6.07, 6.45) is 9.20. The highest BCUT2D eigenvalue weighted by Gasteiger charge is 2.19. The molecule has 0 radical (unpaired) electrons. The fourth-order valence-corrected chi connectivity index (χ4v) is 2.68. The highest BCUT2D eigenvalue weighted by atomic mass is 35.5. The van der Waals surface area contributed by atoms with E-state index in [4.69, 9.17) is 27.5 Å². The van der Waals surface area contributed by atoms with Crippen molar-refractivity contribution in [2.24, 2.45) is 10.7 Å². The maximum absolute atomic E-state index is 8.23. The third kappa shape index (κ3) is 3.26. The summed E-state index contributed by atoms with van der Waals surface area (Å²) < 4.78 is 5.57. The van der Waals surface area contributed by atoms with Gasteiger partial charge in [-0.2, -0.15) is 0 Å². The fourth-order valence-electron chi connectivity index (χ4n) is 2.56. The topological polar surface area (TPSA) is 83.5 Å². The lowest BCUT2D eigenvalue weighted by Gasteiger charge is -2.20. The second-order valence-corrected chi connectivity index (χ2v) is 5.74. The van der Waals surface area contributed by atoms with Crippen molar-refractivity contribution >= 4 is 29.0 Å².